The minimum absolute atomic E-state index is 0.107. The Hall–Kier alpha value is -1.92. The van der Waals surface area contributed by atoms with Crippen molar-refractivity contribution in [2.24, 2.45) is 0 Å². The summed E-state index contributed by atoms with van der Waals surface area (Å²) in [5.41, 5.74) is 0. The lowest BCUT2D eigenvalue weighted by Crippen LogP contribution is -2.12. The van der Waals surface area contributed by atoms with Gasteiger partial charge in [0, 0.05) is 18.9 Å². The third-order valence-electron chi connectivity index (χ3n) is 2.80. The summed E-state index contributed by atoms with van der Waals surface area (Å²) in [5.74, 6) is -0.371. The van der Waals surface area contributed by atoms with Gasteiger partial charge in [0.05, 0.1) is 12.2 Å². The van der Waals surface area contributed by atoms with Crippen LogP contribution in [0.3, 0.4) is 0 Å². The SMILES string of the molecule is CC(O)CCC(=O)Oc1cccc(OC(=O)CCC(C)O)c1. The zero-order valence-corrected chi connectivity index (χ0v) is 12.8. The van der Waals surface area contributed by atoms with Gasteiger partial charge in [0.1, 0.15) is 11.5 Å². The van der Waals surface area contributed by atoms with E-state index in [-0.39, 0.29) is 24.3 Å². The van der Waals surface area contributed by atoms with E-state index in [0.717, 1.165) is 0 Å². The highest BCUT2D eigenvalue weighted by Crippen LogP contribution is 2.20. The van der Waals surface area contributed by atoms with Crippen molar-refractivity contribution in [3.63, 3.8) is 0 Å². The maximum atomic E-state index is 11.6. The zero-order valence-electron chi connectivity index (χ0n) is 12.8. The fourth-order valence-electron chi connectivity index (χ4n) is 1.62. The number of ether oxygens (including phenoxy) is 2. The molecule has 0 amide bonds. The number of rotatable bonds is 8. The van der Waals surface area contributed by atoms with Crippen LogP contribution in [0.1, 0.15) is 39.5 Å². The van der Waals surface area contributed by atoms with Crippen molar-refractivity contribution >= 4 is 11.9 Å². The summed E-state index contributed by atoms with van der Waals surface area (Å²) in [7, 11) is 0. The van der Waals surface area contributed by atoms with Crippen molar-refractivity contribution < 1.29 is 29.3 Å². The smallest absolute Gasteiger partial charge is 0.311 e. The molecule has 0 saturated heterocycles. The maximum absolute atomic E-state index is 11.6. The Kier molecular flexibility index (Phi) is 7.56. The van der Waals surface area contributed by atoms with Gasteiger partial charge in [-0.2, -0.15) is 0 Å². The van der Waals surface area contributed by atoms with E-state index in [2.05, 4.69) is 0 Å². The van der Waals surface area contributed by atoms with Crippen LogP contribution in [0.4, 0.5) is 0 Å². The topological polar surface area (TPSA) is 93.1 Å². The molecule has 0 aliphatic heterocycles. The van der Waals surface area contributed by atoms with Crippen molar-refractivity contribution in [2.45, 2.75) is 51.7 Å². The summed E-state index contributed by atoms with van der Waals surface area (Å²) in [6.07, 6.45) is -0.256. The van der Waals surface area contributed by atoms with E-state index in [1.807, 2.05) is 0 Å². The van der Waals surface area contributed by atoms with Gasteiger partial charge in [0.2, 0.25) is 0 Å². The molecule has 2 unspecified atom stereocenters. The first-order chi connectivity index (χ1) is 10.4. The molecular weight excluding hydrogens is 288 g/mol. The van der Waals surface area contributed by atoms with Crippen molar-refractivity contribution in [1.29, 1.82) is 0 Å². The summed E-state index contributed by atoms with van der Waals surface area (Å²) in [4.78, 5) is 23.1. The second-order valence-corrected chi connectivity index (χ2v) is 5.20. The van der Waals surface area contributed by atoms with Gasteiger partial charge in [-0.05, 0) is 38.8 Å². The molecule has 6 nitrogen and oxygen atoms in total. The molecule has 0 aliphatic carbocycles. The van der Waals surface area contributed by atoms with E-state index < -0.39 is 24.1 Å². The summed E-state index contributed by atoms with van der Waals surface area (Å²) in [6.45, 7) is 3.20. The van der Waals surface area contributed by atoms with Crippen LogP contribution in [-0.2, 0) is 9.59 Å². The van der Waals surface area contributed by atoms with Gasteiger partial charge in [-0.1, -0.05) is 6.07 Å². The molecule has 2 atom stereocenters. The first-order valence-electron chi connectivity index (χ1n) is 7.24. The standard InChI is InChI=1S/C16H22O6/c1-11(17)6-8-15(19)21-13-4-3-5-14(10-13)22-16(20)9-7-12(2)18/h3-5,10-12,17-18H,6-9H2,1-2H3. The van der Waals surface area contributed by atoms with E-state index in [1.165, 1.54) is 6.07 Å². The molecule has 22 heavy (non-hydrogen) atoms. The number of carbonyl (C=O) groups is 2. The van der Waals surface area contributed by atoms with E-state index >= 15 is 0 Å². The molecule has 1 aromatic carbocycles. The summed E-state index contributed by atoms with van der Waals surface area (Å²) >= 11 is 0. The molecule has 0 fully saturated rings. The van der Waals surface area contributed by atoms with Gasteiger partial charge < -0.3 is 19.7 Å². The molecule has 1 aromatic rings. The number of esters is 2. The van der Waals surface area contributed by atoms with Crippen LogP contribution in [0.5, 0.6) is 11.5 Å². The molecule has 0 radical (unpaired) electrons. The molecular formula is C16H22O6. The highest BCUT2D eigenvalue weighted by molar-refractivity contribution is 5.74. The van der Waals surface area contributed by atoms with Gasteiger partial charge in [-0.25, -0.2) is 0 Å². The van der Waals surface area contributed by atoms with Crippen LogP contribution in [0.15, 0.2) is 24.3 Å². The first-order valence-corrected chi connectivity index (χ1v) is 7.24. The molecule has 122 valence electrons. The van der Waals surface area contributed by atoms with Gasteiger partial charge in [-0.15, -0.1) is 0 Å². The molecule has 6 heteroatoms. The van der Waals surface area contributed by atoms with Gasteiger partial charge in [-0.3, -0.25) is 9.59 Å². The lowest BCUT2D eigenvalue weighted by molar-refractivity contribution is -0.135. The number of hydrogen-bond acceptors (Lipinski definition) is 6. The van der Waals surface area contributed by atoms with Crippen molar-refractivity contribution in [1.82, 2.24) is 0 Å². The van der Waals surface area contributed by atoms with Crippen LogP contribution in [-0.4, -0.2) is 34.4 Å². The predicted octanol–water partition coefficient (Wildman–Crippen LogP) is 1.82. The van der Waals surface area contributed by atoms with E-state index in [4.69, 9.17) is 19.7 Å². The summed E-state index contributed by atoms with van der Waals surface area (Å²) in [5, 5.41) is 18.2. The minimum Gasteiger partial charge on any atom is -0.426 e. The maximum Gasteiger partial charge on any atom is 0.311 e. The quantitative estimate of drug-likeness (QED) is 0.562. The Bertz CT molecular complexity index is 454. The molecule has 0 heterocycles. The molecule has 0 saturated carbocycles. The fraction of sp³-hybridized carbons (Fsp3) is 0.500. The molecule has 0 aromatic heterocycles. The van der Waals surface area contributed by atoms with Crippen LogP contribution >= 0.6 is 0 Å². The zero-order chi connectivity index (χ0) is 16.5. The Balaban J connectivity index is 2.51. The van der Waals surface area contributed by atoms with Gasteiger partial charge >= 0.3 is 11.9 Å². The number of hydrogen-bond donors (Lipinski definition) is 2. The van der Waals surface area contributed by atoms with E-state index in [1.54, 1.807) is 32.0 Å². The van der Waals surface area contributed by atoms with Crippen LogP contribution < -0.4 is 9.47 Å². The second-order valence-electron chi connectivity index (χ2n) is 5.20. The molecule has 0 spiro atoms. The second kappa shape index (κ2) is 9.17. The number of aliphatic hydroxyl groups is 2. The summed E-state index contributed by atoms with van der Waals surface area (Å²) in [6, 6.07) is 6.20. The third kappa shape index (κ3) is 7.75. The van der Waals surface area contributed by atoms with Crippen LogP contribution in [0.25, 0.3) is 0 Å². The van der Waals surface area contributed by atoms with Gasteiger partial charge in [0.25, 0.3) is 0 Å². The molecule has 1 rings (SSSR count). The average Bonchev–Trinajstić information content (AvgIpc) is 2.43. The number of aliphatic hydroxyl groups excluding tert-OH is 2. The largest absolute Gasteiger partial charge is 0.426 e. The lowest BCUT2D eigenvalue weighted by atomic mass is 10.2. The Labute approximate surface area is 129 Å². The average molecular weight is 310 g/mol. The third-order valence-corrected chi connectivity index (χ3v) is 2.80. The van der Waals surface area contributed by atoms with E-state index in [9.17, 15) is 9.59 Å². The number of carbonyl (C=O) groups excluding carboxylic acids is 2. The fourth-order valence-corrected chi connectivity index (χ4v) is 1.62. The molecule has 0 bridgehead atoms. The Morgan fingerprint density at radius 3 is 1.73 bits per heavy atom. The normalized spacial score (nSPS) is 13.3. The first kappa shape index (κ1) is 18.1. The highest BCUT2D eigenvalue weighted by Gasteiger charge is 2.10. The number of benzene rings is 1. The minimum atomic E-state index is -0.561. The van der Waals surface area contributed by atoms with Crippen molar-refractivity contribution in [3.05, 3.63) is 24.3 Å². The molecule has 2 N–H and O–H groups in total. The van der Waals surface area contributed by atoms with Crippen molar-refractivity contribution in [3.8, 4) is 11.5 Å². The van der Waals surface area contributed by atoms with Crippen LogP contribution in [0.2, 0.25) is 0 Å². The predicted molar refractivity (Wildman–Crippen MR) is 79.5 cm³/mol. The van der Waals surface area contributed by atoms with E-state index in [0.29, 0.717) is 12.8 Å². The Morgan fingerprint density at radius 1 is 0.955 bits per heavy atom. The summed E-state index contributed by atoms with van der Waals surface area (Å²) < 4.78 is 10.2. The highest BCUT2D eigenvalue weighted by atomic mass is 16.5. The monoisotopic (exact) mass is 310 g/mol. The molecule has 0 aliphatic rings. The Morgan fingerprint density at radius 2 is 1.36 bits per heavy atom. The lowest BCUT2D eigenvalue weighted by Gasteiger charge is -2.08. The van der Waals surface area contributed by atoms with Crippen molar-refractivity contribution in [2.75, 3.05) is 0 Å². The van der Waals surface area contributed by atoms with Gasteiger partial charge in [0.15, 0.2) is 0 Å². The van der Waals surface area contributed by atoms with Crippen LogP contribution in [0, 0.1) is 0 Å².